The monoisotopic (exact) mass is 215 g/mol. The maximum atomic E-state index is 5.18. The maximum Gasteiger partial charge on any atom is 0.125 e. The zero-order chi connectivity index (χ0) is 10.8. The van der Waals surface area contributed by atoms with Crippen LogP contribution in [0.25, 0.3) is 0 Å². The molecule has 1 aliphatic heterocycles. The number of hydrogen-bond donors (Lipinski definition) is 0. The van der Waals surface area contributed by atoms with E-state index < -0.39 is 0 Å². The molecule has 1 fully saturated rings. The highest BCUT2D eigenvalue weighted by Gasteiger charge is 2.35. The third kappa shape index (κ3) is 1.84. The Balaban J connectivity index is 1.60. The van der Waals surface area contributed by atoms with E-state index in [0.717, 1.165) is 13.0 Å². The summed E-state index contributed by atoms with van der Waals surface area (Å²) in [5, 5.41) is 4.21. The van der Waals surface area contributed by atoms with Gasteiger partial charge < -0.3 is 4.84 Å². The van der Waals surface area contributed by atoms with Crippen molar-refractivity contribution in [3.05, 3.63) is 35.9 Å². The van der Waals surface area contributed by atoms with Crippen molar-refractivity contribution in [3.63, 3.8) is 0 Å². The largest absolute Gasteiger partial charge is 0.395 e. The van der Waals surface area contributed by atoms with Gasteiger partial charge in [0.1, 0.15) is 6.61 Å². The first-order valence-electron chi connectivity index (χ1n) is 6.17. The van der Waals surface area contributed by atoms with Gasteiger partial charge in [0.15, 0.2) is 0 Å². The number of benzene rings is 1. The Hall–Kier alpha value is -1.31. The number of nitrogens with zero attached hydrogens (tertiary/aromatic N) is 1. The van der Waals surface area contributed by atoms with E-state index in [1.54, 1.807) is 0 Å². The molecular weight excluding hydrogens is 198 g/mol. The Morgan fingerprint density at radius 3 is 2.94 bits per heavy atom. The maximum absolute atomic E-state index is 5.18. The summed E-state index contributed by atoms with van der Waals surface area (Å²) < 4.78 is 0. The Morgan fingerprint density at radius 1 is 1.19 bits per heavy atom. The average Bonchev–Trinajstić information content (AvgIpc) is 2.90. The molecule has 16 heavy (non-hydrogen) atoms. The molecule has 2 nitrogen and oxygen atoms in total. The predicted molar refractivity (Wildman–Crippen MR) is 64.4 cm³/mol. The van der Waals surface area contributed by atoms with Crippen molar-refractivity contribution >= 4 is 5.71 Å². The van der Waals surface area contributed by atoms with Crippen LogP contribution in [0.2, 0.25) is 0 Å². The molecule has 2 heteroatoms. The summed E-state index contributed by atoms with van der Waals surface area (Å²) in [5.41, 5.74) is 2.78. The summed E-state index contributed by atoms with van der Waals surface area (Å²) in [7, 11) is 0. The number of aryl methyl sites for hydroxylation is 1. The van der Waals surface area contributed by atoms with Gasteiger partial charge in [-0.05, 0) is 31.2 Å². The quantitative estimate of drug-likeness (QED) is 0.759. The molecule has 0 amide bonds. The lowest BCUT2D eigenvalue weighted by Crippen LogP contribution is -2.12. The standard InChI is InChI=1S/C14H17NO/c1-2-4-11(5-3-1)6-7-12-8-9-13-10-16-15-14(12)13/h1-5,12-13H,6-10H2/t12-,13-/m0/s1. The topological polar surface area (TPSA) is 21.6 Å². The first kappa shape index (κ1) is 9.88. The Morgan fingerprint density at radius 2 is 2.06 bits per heavy atom. The van der Waals surface area contributed by atoms with Gasteiger partial charge in [0.2, 0.25) is 0 Å². The molecule has 1 aromatic rings. The molecule has 0 spiro atoms. The van der Waals surface area contributed by atoms with Crippen LogP contribution >= 0.6 is 0 Å². The summed E-state index contributed by atoms with van der Waals surface area (Å²) in [6.07, 6.45) is 4.97. The van der Waals surface area contributed by atoms with Crippen LogP contribution in [0.5, 0.6) is 0 Å². The molecule has 0 saturated heterocycles. The SMILES string of the molecule is c1ccc(CC[C@H]2CC[C@H]3CON=C23)cc1. The summed E-state index contributed by atoms with van der Waals surface area (Å²) >= 11 is 0. The van der Waals surface area contributed by atoms with Crippen molar-refractivity contribution in [3.8, 4) is 0 Å². The fourth-order valence-electron chi connectivity index (χ4n) is 2.83. The molecule has 0 unspecified atom stereocenters. The first-order valence-corrected chi connectivity index (χ1v) is 6.17. The molecule has 84 valence electrons. The fourth-order valence-corrected chi connectivity index (χ4v) is 2.83. The van der Waals surface area contributed by atoms with Crippen molar-refractivity contribution < 1.29 is 4.84 Å². The first-order chi connectivity index (χ1) is 7.93. The van der Waals surface area contributed by atoms with E-state index in [-0.39, 0.29) is 0 Å². The summed E-state index contributed by atoms with van der Waals surface area (Å²) in [6.45, 7) is 0.831. The molecule has 2 aliphatic rings. The van der Waals surface area contributed by atoms with Gasteiger partial charge in [-0.3, -0.25) is 0 Å². The van der Waals surface area contributed by atoms with Crippen molar-refractivity contribution in [2.24, 2.45) is 17.0 Å². The minimum Gasteiger partial charge on any atom is -0.395 e. The lowest BCUT2D eigenvalue weighted by molar-refractivity contribution is 0.151. The van der Waals surface area contributed by atoms with E-state index in [1.165, 1.54) is 30.5 Å². The molecule has 2 atom stereocenters. The Bertz CT molecular complexity index is 385. The third-order valence-corrected chi connectivity index (χ3v) is 3.77. The molecule has 1 aliphatic carbocycles. The van der Waals surface area contributed by atoms with E-state index in [2.05, 4.69) is 35.5 Å². The zero-order valence-corrected chi connectivity index (χ0v) is 9.43. The van der Waals surface area contributed by atoms with E-state index in [9.17, 15) is 0 Å². The van der Waals surface area contributed by atoms with Crippen LogP contribution in [0.3, 0.4) is 0 Å². The molecule has 1 saturated carbocycles. The Kier molecular flexibility index (Phi) is 2.65. The van der Waals surface area contributed by atoms with Gasteiger partial charge in [0.05, 0.1) is 5.71 Å². The highest BCUT2D eigenvalue weighted by atomic mass is 16.6. The van der Waals surface area contributed by atoms with E-state index in [0.29, 0.717) is 11.8 Å². The van der Waals surface area contributed by atoms with E-state index in [1.807, 2.05) is 0 Å². The molecular formula is C14H17NO. The van der Waals surface area contributed by atoms with Crippen LogP contribution in [0, 0.1) is 11.8 Å². The van der Waals surface area contributed by atoms with Gasteiger partial charge in [-0.25, -0.2) is 0 Å². The van der Waals surface area contributed by atoms with Crippen LogP contribution in [-0.2, 0) is 11.3 Å². The van der Waals surface area contributed by atoms with Crippen molar-refractivity contribution in [2.75, 3.05) is 6.61 Å². The number of hydrogen-bond acceptors (Lipinski definition) is 2. The highest BCUT2D eigenvalue weighted by Crippen LogP contribution is 2.34. The minimum atomic E-state index is 0.640. The van der Waals surface area contributed by atoms with Crippen LogP contribution < -0.4 is 0 Å². The van der Waals surface area contributed by atoms with Gasteiger partial charge in [-0.2, -0.15) is 0 Å². The van der Waals surface area contributed by atoms with E-state index >= 15 is 0 Å². The second-order valence-corrected chi connectivity index (χ2v) is 4.81. The smallest absolute Gasteiger partial charge is 0.125 e. The normalized spacial score (nSPS) is 27.4. The third-order valence-electron chi connectivity index (χ3n) is 3.77. The van der Waals surface area contributed by atoms with Gasteiger partial charge >= 0.3 is 0 Å². The van der Waals surface area contributed by atoms with Crippen LogP contribution in [-0.4, -0.2) is 12.3 Å². The highest BCUT2D eigenvalue weighted by molar-refractivity contribution is 5.91. The molecule has 3 rings (SSSR count). The lowest BCUT2D eigenvalue weighted by Gasteiger charge is -2.09. The fraction of sp³-hybridized carbons (Fsp3) is 0.500. The molecule has 0 bridgehead atoms. The average molecular weight is 215 g/mol. The Labute approximate surface area is 96.3 Å². The zero-order valence-electron chi connectivity index (χ0n) is 9.43. The minimum absolute atomic E-state index is 0.640. The molecule has 0 aromatic heterocycles. The molecule has 1 aromatic carbocycles. The van der Waals surface area contributed by atoms with Crippen molar-refractivity contribution in [1.29, 1.82) is 0 Å². The second kappa shape index (κ2) is 4.28. The predicted octanol–water partition coefficient (Wildman–Crippen LogP) is 3.03. The summed E-state index contributed by atoms with van der Waals surface area (Å²) in [5.74, 6) is 1.31. The van der Waals surface area contributed by atoms with Gasteiger partial charge in [0, 0.05) is 11.8 Å². The van der Waals surface area contributed by atoms with Crippen LogP contribution in [0.1, 0.15) is 24.8 Å². The van der Waals surface area contributed by atoms with Crippen molar-refractivity contribution in [2.45, 2.75) is 25.7 Å². The van der Waals surface area contributed by atoms with Crippen LogP contribution in [0.15, 0.2) is 35.5 Å². The molecule has 0 radical (unpaired) electrons. The van der Waals surface area contributed by atoms with Gasteiger partial charge in [-0.1, -0.05) is 35.5 Å². The number of oxime groups is 1. The van der Waals surface area contributed by atoms with Crippen molar-refractivity contribution in [1.82, 2.24) is 0 Å². The van der Waals surface area contributed by atoms with Gasteiger partial charge in [0.25, 0.3) is 0 Å². The van der Waals surface area contributed by atoms with Gasteiger partial charge in [-0.15, -0.1) is 0 Å². The van der Waals surface area contributed by atoms with Crippen LogP contribution in [0.4, 0.5) is 0 Å². The lowest BCUT2D eigenvalue weighted by atomic mass is 9.95. The summed E-state index contributed by atoms with van der Waals surface area (Å²) in [4.78, 5) is 5.18. The second-order valence-electron chi connectivity index (χ2n) is 4.81. The van der Waals surface area contributed by atoms with E-state index in [4.69, 9.17) is 4.84 Å². The molecule has 1 heterocycles. The summed E-state index contributed by atoms with van der Waals surface area (Å²) in [6, 6.07) is 10.7. The molecule has 0 N–H and O–H groups in total. The number of rotatable bonds is 3. The number of fused-ring (bicyclic) bond motifs is 1.